The molecule has 1 fully saturated rings. The summed E-state index contributed by atoms with van der Waals surface area (Å²) in [5.74, 6) is 0.516. The van der Waals surface area contributed by atoms with Gasteiger partial charge in [0.1, 0.15) is 24.6 Å². The number of aliphatic hydroxyl groups excluding tert-OH is 2. The van der Waals surface area contributed by atoms with Gasteiger partial charge in [0, 0.05) is 6.54 Å². The smallest absolute Gasteiger partial charge is 0.333 e. The van der Waals surface area contributed by atoms with Crippen molar-refractivity contribution in [3.8, 4) is 0 Å². The molecule has 4 rings (SSSR count). The molecule has 1 saturated heterocycles. The topological polar surface area (TPSA) is 175 Å². The summed E-state index contributed by atoms with van der Waals surface area (Å²) in [6, 6.07) is 9.98. The molecule has 12 nitrogen and oxygen atoms in total. The number of aromatic nitrogens is 4. The van der Waals surface area contributed by atoms with Gasteiger partial charge in [-0.05, 0) is 12.0 Å². The Balaban J connectivity index is 1.49. The first kappa shape index (κ1) is 21.5. The third-order valence-electron chi connectivity index (χ3n) is 4.92. The summed E-state index contributed by atoms with van der Waals surface area (Å²) in [6.45, 7) is 0.0820. The molecule has 13 heteroatoms. The minimum absolute atomic E-state index is 0.376. The van der Waals surface area contributed by atoms with Crippen molar-refractivity contribution < 1.29 is 27.6 Å². The van der Waals surface area contributed by atoms with Gasteiger partial charge in [0.2, 0.25) is 0 Å². The molecule has 3 aromatic rings. The summed E-state index contributed by atoms with van der Waals surface area (Å²) in [5, 5.41) is 28.6. The standard InChI is InChI=1S/C18H22N6O6S/c19-31(27,28)29-8-12-14(25)15(26)18(30-12)24-10-23-13-16(21-9-22-17(13)24)20-7-6-11-4-2-1-3-5-11/h1-5,9-10,12,14-15,18,25-26H,6-8H2,(H2,19,27,28)(H,20,21,22)/t12-,14-,15?,18?/m1/s1. The van der Waals surface area contributed by atoms with Gasteiger partial charge in [-0.2, -0.15) is 8.42 Å². The first-order valence-corrected chi connectivity index (χ1v) is 10.9. The van der Waals surface area contributed by atoms with E-state index >= 15 is 0 Å². The van der Waals surface area contributed by atoms with Crippen LogP contribution in [0.25, 0.3) is 11.2 Å². The Hall–Kier alpha value is -2.68. The van der Waals surface area contributed by atoms with E-state index in [9.17, 15) is 18.6 Å². The van der Waals surface area contributed by atoms with Crippen LogP contribution >= 0.6 is 0 Å². The molecule has 0 aliphatic carbocycles. The lowest BCUT2D eigenvalue weighted by Gasteiger charge is -2.16. The molecule has 0 bridgehead atoms. The van der Waals surface area contributed by atoms with Gasteiger partial charge in [-0.15, -0.1) is 0 Å². The molecule has 5 N–H and O–H groups in total. The molecule has 0 saturated carbocycles. The van der Waals surface area contributed by atoms with E-state index in [1.807, 2.05) is 30.3 Å². The number of hydrogen-bond donors (Lipinski definition) is 4. The molecule has 1 aliphatic heterocycles. The van der Waals surface area contributed by atoms with Gasteiger partial charge in [-0.25, -0.2) is 20.1 Å². The number of hydrogen-bond acceptors (Lipinski definition) is 10. The van der Waals surface area contributed by atoms with Crippen LogP contribution in [-0.4, -0.2) is 69.6 Å². The van der Waals surface area contributed by atoms with E-state index in [0.717, 1.165) is 6.42 Å². The van der Waals surface area contributed by atoms with Crippen LogP contribution in [0.4, 0.5) is 5.82 Å². The number of aliphatic hydroxyl groups is 2. The fourth-order valence-corrected chi connectivity index (χ4v) is 3.72. The lowest BCUT2D eigenvalue weighted by atomic mass is 10.1. The minimum Gasteiger partial charge on any atom is -0.387 e. The molecule has 0 amide bonds. The van der Waals surface area contributed by atoms with Gasteiger partial charge >= 0.3 is 10.3 Å². The fraction of sp³-hybridized carbons (Fsp3) is 0.389. The number of nitrogens with one attached hydrogen (secondary N) is 1. The van der Waals surface area contributed by atoms with Crippen molar-refractivity contribution >= 4 is 27.3 Å². The monoisotopic (exact) mass is 450 g/mol. The average molecular weight is 450 g/mol. The minimum atomic E-state index is -4.21. The molecule has 3 heterocycles. The second-order valence-electron chi connectivity index (χ2n) is 7.03. The Morgan fingerprint density at radius 3 is 2.68 bits per heavy atom. The normalized spacial score (nSPS) is 24.0. The molecule has 2 unspecified atom stereocenters. The zero-order chi connectivity index (χ0) is 22.0. The Bertz CT molecular complexity index is 1140. The van der Waals surface area contributed by atoms with Crippen LogP contribution in [0.1, 0.15) is 11.8 Å². The molecular weight excluding hydrogens is 428 g/mol. The van der Waals surface area contributed by atoms with E-state index in [2.05, 4.69) is 24.5 Å². The van der Waals surface area contributed by atoms with Crippen molar-refractivity contribution in [2.75, 3.05) is 18.5 Å². The molecular formula is C18H22N6O6S. The number of benzene rings is 1. The lowest BCUT2D eigenvalue weighted by molar-refractivity contribution is -0.0467. The van der Waals surface area contributed by atoms with Gasteiger partial charge < -0.3 is 20.3 Å². The summed E-state index contributed by atoms with van der Waals surface area (Å²) >= 11 is 0. The van der Waals surface area contributed by atoms with Crippen LogP contribution in [0.5, 0.6) is 0 Å². The largest absolute Gasteiger partial charge is 0.387 e. The van der Waals surface area contributed by atoms with E-state index in [0.29, 0.717) is 23.5 Å². The van der Waals surface area contributed by atoms with Gasteiger partial charge in [0.15, 0.2) is 23.2 Å². The highest BCUT2D eigenvalue weighted by Gasteiger charge is 2.45. The summed E-state index contributed by atoms with van der Waals surface area (Å²) in [5.41, 5.74) is 2.02. The summed E-state index contributed by atoms with van der Waals surface area (Å²) in [6.07, 6.45) is -1.38. The van der Waals surface area contributed by atoms with Crippen LogP contribution in [0, 0.1) is 0 Å². The van der Waals surface area contributed by atoms with Crippen LogP contribution in [0.3, 0.4) is 0 Å². The Kier molecular flexibility index (Phi) is 6.13. The fourth-order valence-electron chi connectivity index (χ4n) is 3.40. The summed E-state index contributed by atoms with van der Waals surface area (Å²) in [4.78, 5) is 12.8. The van der Waals surface area contributed by atoms with E-state index < -0.39 is 41.5 Å². The zero-order valence-corrected chi connectivity index (χ0v) is 17.1. The maximum Gasteiger partial charge on any atom is 0.333 e. The Morgan fingerprint density at radius 1 is 1.16 bits per heavy atom. The number of rotatable bonds is 8. The van der Waals surface area contributed by atoms with E-state index in [-0.39, 0.29) is 0 Å². The van der Waals surface area contributed by atoms with E-state index in [1.54, 1.807) is 0 Å². The molecule has 4 atom stereocenters. The number of imidazole rings is 1. The van der Waals surface area contributed by atoms with Crippen LogP contribution < -0.4 is 10.5 Å². The van der Waals surface area contributed by atoms with Crippen molar-refractivity contribution in [1.82, 2.24) is 19.5 Å². The first-order valence-electron chi connectivity index (χ1n) is 9.47. The van der Waals surface area contributed by atoms with Crippen LogP contribution in [-0.2, 0) is 25.6 Å². The number of fused-ring (bicyclic) bond motifs is 1. The van der Waals surface area contributed by atoms with Gasteiger partial charge in [-0.3, -0.25) is 8.75 Å². The molecule has 166 valence electrons. The maximum absolute atomic E-state index is 11.0. The number of nitrogens with two attached hydrogens (primary N) is 1. The van der Waals surface area contributed by atoms with Crippen LogP contribution in [0.2, 0.25) is 0 Å². The molecule has 0 radical (unpaired) electrons. The summed E-state index contributed by atoms with van der Waals surface area (Å²) < 4.78 is 33.5. The highest BCUT2D eigenvalue weighted by Crippen LogP contribution is 2.32. The summed E-state index contributed by atoms with van der Waals surface area (Å²) in [7, 11) is -4.21. The van der Waals surface area contributed by atoms with Crippen molar-refractivity contribution in [3.63, 3.8) is 0 Å². The van der Waals surface area contributed by atoms with Gasteiger partial charge in [-0.1, -0.05) is 30.3 Å². The molecule has 1 aromatic carbocycles. The second-order valence-corrected chi connectivity index (χ2v) is 8.25. The highest BCUT2D eigenvalue weighted by molar-refractivity contribution is 7.84. The lowest BCUT2D eigenvalue weighted by Crippen LogP contribution is -2.35. The number of nitrogens with zero attached hydrogens (tertiary/aromatic N) is 4. The second kappa shape index (κ2) is 8.82. The molecule has 2 aromatic heterocycles. The maximum atomic E-state index is 11.0. The van der Waals surface area contributed by atoms with Crippen molar-refractivity contribution in [2.24, 2.45) is 5.14 Å². The predicted molar refractivity (Wildman–Crippen MR) is 109 cm³/mol. The Morgan fingerprint density at radius 2 is 1.94 bits per heavy atom. The third-order valence-corrected chi connectivity index (χ3v) is 5.38. The van der Waals surface area contributed by atoms with Crippen molar-refractivity contribution in [1.29, 1.82) is 0 Å². The molecule has 0 spiro atoms. The third kappa shape index (κ3) is 4.81. The quantitative estimate of drug-likeness (QED) is 0.344. The van der Waals surface area contributed by atoms with Crippen LogP contribution in [0.15, 0.2) is 43.0 Å². The number of ether oxygens (including phenoxy) is 1. The van der Waals surface area contributed by atoms with E-state index in [4.69, 9.17) is 9.88 Å². The first-order chi connectivity index (χ1) is 14.8. The average Bonchev–Trinajstić information content (AvgIpc) is 3.29. The van der Waals surface area contributed by atoms with Crippen molar-refractivity contribution in [3.05, 3.63) is 48.5 Å². The van der Waals surface area contributed by atoms with Crippen molar-refractivity contribution in [2.45, 2.75) is 31.0 Å². The molecule has 31 heavy (non-hydrogen) atoms. The highest BCUT2D eigenvalue weighted by atomic mass is 32.2. The molecule has 1 aliphatic rings. The number of anilines is 1. The predicted octanol–water partition coefficient (Wildman–Crippen LogP) is -0.680. The van der Waals surface area contributed by atoms with Gasteiger partial charge in [0.05, 0.1) is 12.9 Å². The zero-order valence-electron chi connectivity index (χ0n) is 16.3. The Labute approximate surface area is 177 Å². The van der Waals surface area contributed by atoms with E-state index in [1.165, 1.54) is 22.8 Å². The van der Waals surface area contributed by atoms with Gasteiger partial charge in [0.25, 0.3) is 0 Å². The SMILES string of the molecule is NS(=O)(=O)OC[C@H]1OC(n2cnc3c(NCCc4ccccc4)ncnc32)C(O)[C@@H]1O.